The number of amides is 1. The highest BCUT2D eigenvalue weighted by molar-refractivity contribution is 7.09. The van der Waals surface area contributed by atoms with Gasteiger partial charge in [0.1, 0.15) is 23.1 Å². The molecule has 5 nitrogen and oxygen atoms in total. The minimum absolute atomic E-state index is 0.263. The fourth-order valence-corrected chi connectivity index (χ4v) is 2.39. The number of ether oxygens (including phenoxy) is 1. The number of rotatable bonds is 6. The highest BCUT2D eigenvalue weighted by Crippen LogP contribution is 2.14. The average molecular weight is 314 g/mol. The molecule has 0 aliphatic heterocycles. The Morgan fingerprint density at radius 1 is 1.23 bits per heavy atom. The molecule has 3 rings (SSSR count). The first kappa shape index (κ1) is 14.3. The normalized spacial score (nSPS) is 10.4. The third-order valence-electron chi connectivity index (χ3n) is 2.89. The Balaban J connectivity index is 1.53. The quantitative estimate of drug-likeness (QED) is 0.758. The molecule has 22 heavy (non-hydrogen) atoms. The second kappa shape index (κ2) is 6.91. The van der Waals surface area contributed by atoms with E-state index in [-0.39, 0.29) is 18.3 Å². The largest absolute Gasteiger partial charge is 0.486 e. The Morgan fingerprint density at radius 2 is 2.09 bits per heavy atom. The Morgan fingerprint density at radius 3 is 2.86 bits per heavy atom. The molecule has 0 radical (unpaired) electrons. The summed E-state index contributed by atoms with van der Waals surface area (Å²) in [6.07, 6.45) is 1.71. The van der Waals surface area contributed by atoms with Crippen molar-refractivity contribution in [3.8, 4) is 5.75 Å². The highest BCUT2D eigenvalue weighted by atomic mass is 32.1. The van der Waals surface area contributed by atoms with Crippen LogP contribution in [-0.2, 0) is 13.2 Å². The summed E-state index contributed by atoms with van der Waals surface area (Å²) in [4.78, 5) is 16.1. The molecule has 1 amide bonds. The van der Waals surface area contributed by atoms with Gasteiger partial charge in [-0.2, -0.15) is 0 Å². The molecule has 0 bridgehead atoms. The van der Waals surface area contributed by atoms with Crippen LogP contribution in [0.4, 0.5) is 0 Å². The van der Waals surface area contributed by atoms with Gasteiger partial charge in [0, 0.05) is 11.6 Å². The average Bonchev–Trinajstić information content (AvgIpc) is 3.23. The summed E-state index contributed by atoms with van der Waals surface area (Å²) >= 11 is 1.49. The lowest BCUT2D eigenvalue weighted by Crippen LogP contribution is -2.22. The number of benzene rings is 1. The van der Waals surface area contributed by atoms with Crippen molar-refractivity contribution in [1.29, 1.82) is 0 Å². The second-order valence-electron chi connectivity index (χ2n) is 4.48. The monoisotopic (exact) mass is 314 g/mol. The van der Waals surface area contributed by atoms with E-state index in [1.807, 2.05) is 35.7 Å². The number of carbonyl (C=O) groups excluding carboxylic acids is 1. The smallest absolute Gasteiger partial charge is 0.287 e. The van der Waals surface area contributed by atoms with Crippen molar-refractivity contribution in [3.05, 3.63) is 70.6 Å². The predicted octanol–water partition coefficient (Wildman–Crippen LogP) is 3.25. The number of furan rings is 1. The molecule has 2 heterocycles. The molecule has 0 aliphatic rings. The van der Waals surface area contributed by atoms with Gasteiger partial charge in [-0.3, -0.25) is 4.79 Å². The summed E-state index contributed by atoms with van der Waals surface area (Å²) in [6.45, 7) is 0.677. The molecular weight excluding hydrogens is 300 g/mol. The van der Waals surface area contributed by atoms with Crippen LogP contribution in [0.3, 0.4) is 0 Å². The second-order valence-corrected chi connectivity index (χ2v) is 5.46. The van der Waals surface area contributed by atoms with Gasteiger partial charge in [0.05, 0.1) is 6.54 Å². The van der Waals surface area contributed by atoms with E-state index in [9.17, 15) is 4.79 Å². The van der Waals surface area contributed by atoms with Crippen LogP contribution >= 0.6 is 11.3 Å². The lowest BCUT2D eigenvalue weighted by molar-refractivity contribution is 0.0919. The maximum absolute atomic E-state index is 12.0. The molecule has 0 saturated heterocycles. The topological polar surface area (TPSA) is 64.4 Å². The summed E-state index contributed by atoms with van der Waals surface area (Å²) in [7, 11) is 0. The summed E-state index contributed by atoms with van der Waals surface area (Å²) < 4.78 is 11.1. The maximum Gasteiger partial charge on any atom is 0.287 e. The number of aromatic nitrogens is 1. The molecule has 3 aromatic rings. The minimum Gasteiger partial charge on any atom is -0.486 e. The van der Waals surface area contributed by atoms with Crippen molar-refractivity contribution >= 4 is 17.2 Å². The molecule has 6 heteroatoms. The van der Waals surface area contributed by atoms with Gasteiger partial charge in [-0.1, -0.05) is 18.2 Å². The van der Waals surface area contributed by atoms with E-state index < -0.39 is 0 Å². The maximum atomic E-state index is 12.0. The van der Waals surface area contributed by atoms with Gasteiger partial charge in [-0.25, -0.2) is 4.98 Å². The molecule has 0 aliphatic carbocycles. The molecule has 1 aromatic carbocycles. The Hall–Kier alpha value is -2.60. The third kappa shape index (κ3) is 3.73. The lowest BCUT2D eigenvalue weighted by atomic mass is 10.3. The summed E-state index contributed by atoms with van der Waals surface area (Å²) in [5.41, 5.74) is 0. The fourth-order valence-electron chi connectivity index (χ4n) is 1.83. The van der Waals surface area contributed by atoms with Gasteiger partial charge < -0.3 is 14.5 Å². The molecule has 0 saturated carbocycles. The first-order valence-corrected chi connectivity index (χ1v) is 7.62. The van der Waals surface area contributed by atoms with Crippen LogP contribution in [-0.4, -0.2) is 10.9 Å². The first-order chi connectivity index (χ1) is 10.8. The number of nitrogens with one attached hydrogen (secondary N) is 1. The number of carbonyl (C=O) groups is 1. The number of para-hydroxylation sites is 1. The zero-order chi connectivity index (χ0) is 15.2. The minimum atomic E-state index is -0.263. The molecule has 1 N–H and O–H groups in total. The van der Waals surface area contributed by atoms with E-state index in [4.69, 9.17) is 9.15 Å². The van der Waals surface area contributed by atoms with Gasteiger partial charge in [-0.15, -0.1) is 11.3 Å². The molecule has 0 unspecified atom stereocenters. The summed E-state index contributed by atoms with van der Waals surface area (Å²) in [5.74, 6) is 1.36. The van der Waals surface area contributed by atoms with Crippen molar-refractivity contribution in [2.45, 2.75) is 13.2 Å². The van der Waals surface area contributed by atoms with Crippen LogP contribution in [0.2, 0.25) is 0 Å². The van der Waals surface area contributed by atoms with E-state index in [0.29, 0.717) is 12.3 Å². The number of hydrogen-bond donors (Lipinski definition) is 1. The van der Waals surface area contributed by atoms with Gasteiger partial charge in [0.2, 0.25) is 0 Å². The first-order valence-electron chi connectivity index (χ1n) is 6.74. The zero-order valence-corrected chi connectivity index (χ0v) is 12.5. The van der Waals surface area contributed by atoms with Gasteiger partial charge in [-0.05, 0) is 24.3 Å². The van der Waals surface area contributed by atoms with Crippen molar-refractivity contribution < 1.29 is 13.9 Å². The highest BCUT2D eigenvalue weighted by Gasteiger charge is 2.11. The Bertz CT molecular complexity index is 723. The summed E-state index contributed by atoms with van der Waals surface area (Å²) in [5, 5.41) is 5.49. The fraction of sp³-hybridized carbons (Fsp3) is 0.125. The van der Waals surface area contributed by atoms with Gasteiger partial charge >= 0.3 is 0 Å². The van der Waals surface area contributed by atoms with E-state index in [1.165, 1.54) is 11.3 Å². The van der Waals surface area contributed by atoms with Crippen LogP contribution in [0.5, 0.6) is 5.75 Å². The van der Waals surface area contributed by atoms with Crippen LogP contribution in [0, 0.1) is 0 Å². The van der Waals surface area contributed by atoms with Gasteiger partial charge in [0.25, 0.3) is 5.91 Å². The van der Waals surface area contributed by atoms with Crippen LogP contribution in [0.25, 0.3) is 0 Å². The predicted molar refractivity (Wildman–Crippen MR) is 82.8 cm³/mol. The van der Waals surface area contributed by atoms with Crippen molar-refractivity contribution in [1.82, 2.24) is 10.3 Å². The molecule has 112 valence electrons. The zero-order valence-electron chi connectivity index (χ0n) is 11.7. The van der Waals surface area contributed by atoms with Crippen molar-refractivity contribution in [3.63, 3.8) is 0 Å². The lowest BCUT2D eigenvalue weighted by Gasteiger charge is -2.03. The third-order valence-corrected chi connectivity index (χ3v) is 3.67. The van der Waals surface area contributed by atoms with E-state index in [1.54, 1.807) is 18.3 Å². The van der Waals surface area contributed by atoms with E-state index >= 15 is 0 Å². The summed E-state index contributed by atoms with van der Waals surface area (Å²) in [6, 6.07) is 12.8. The molecule has 0 atom stereocenters. The standard InChI is InChI=1S/C16H14N2O3S/c19-16(18-10-15-17-8-9-22-15)14-7-6-13(21-14)11-20-12-4-2-1-3-5-12/h1-9H,10-11H2,(H,18,19). The molecule has 0 fully saturated rings. The molecule has 2 aromatic heterocycles. The van der Waals surface area contributed by atoms with Crippen molar-refractivity contribution in [2.75, 3.05) is 0 Å². The van der Waals surface area contributed by atoms with Gasteiger partial charge in [0.15, 0.2) is 5.76 Å². The van der Waals surface area contributed by atoms with Crippen molar-refractivity contribution in [2.24, 2.45) is 0 Å². The molecular formula is C16H14N2O3S. The van der Waals surface area contributed by atoms with Crippen LogP contribution in [0.15, 0.2) is 58.5 Å². The number of hydrogen-bond acceptors (Lipinski definition) is 5. The van der Waals surface area contributed by atoms with E-state index in [0.717, 1.165) is 10.8 Å². The SMILES string of the molecule is O=C(NCc1nccs1)c1ccc(COc2ccccc2)o1. The Kier molecular flexibility index (Phi) is 4.50. The van der Waals surface area contributed by atoms with Crippen LogP contribution < -0.4 is 10.1 Å². The van der Waals surface area contributed by atoms with E-state index in [2.05, 4.69) is 10.3 Å². The number of nitrogens with zero attached hydrogens (tertiary/aromatic N) is 1. The van der Waals surface area contributed by atoms with Crippen LogP contribution in [0.1, 0.15) is 21.3 Å². The molecule has 0 spiro atoms. The Labute approximate surface area is 131 Å². The number of thiazole rings is 1.